The van der Waals surface area contributed by atoms with Gasteiger partial charge in [-0.05, 0) is 56.1 Å². The maximum atomic E-state index is 12.1. The van der Waals surface area contributed by atoms with E-state index in [1.165, 1.54) is 10.9 Å². The quantitative estimate of drug-likeness (QED) is 0.414. The van der Waals surface area contributed by atoms with Crippen LogP contribution in [0.2, 0.25) is 0 Å². The summed E-state index contributed by atoms with van der Waals surface area (Å²) in [5, 5.41) is 1.82. The number of piperidine rings is 1. The smallest absolute Gasteiger partial charge is 0.310 e. The number of hydrogen-bond donors (Lipinski definition) is 1. The first-order valence-corrected chi connectivity index (χ1v) is 11.5. The molecule has 0 saturated carbocycles. The van der Waals surface area contributed by atoms with Crippen molar-refractivity contribution in [3.8, 4) is 10.9 Å². The Morgan fingerprint density at radius 2 is 2.19 bits per heavy atom. The van der Waals surface area contributed by atoms with Gasteiger partial charge < -0.3 is 14.5 Å². The zero-order chi connectivity index (χ0) is 21.2. The molecule has 6 nitrogen and oxygen atoms in total. The number of hydrogen-bond acceptors (Lipinski definition) is 6. The third-order valence-electron chi connectivity index (χ3n) is 5.74. The fraction of sp³-hybridized carbons (Fsp3) is 0.333. The van der Waals surface area contributed by atoms with Crippen LogP contribution in [0.25, 0.3) is 21.1 Å². The van der Waals surface area contributed by atoms with E-state index in [0.29, 0.717) is 11.8 Å². The number of benzene rings is 2. The van der Waals surface area contributed by atoms with Gasteiger partial charge in [-0.2, -0.15) is 0 Å². The number of para-hydroxylation sites is 1. The van der Waals surface area contributed by atoms with Crippen LogP contribution in [-0.4, -0.2) is 40.5 Å². The second-order valence-electron chi connectivity index (χ2n) is 7.90. The molecule has 1 saturated heterocycles. The molecule has 160 valence electrons. The number of H-pyrrole nitrogens is 1. The van der Waals surface area contributed by atoms with Gasteiger partial charge in [0.2, 0.25) is 0 Å². The average Bonchev–Trinajstić information content (AvgIpc) is 3.37. The maximum Gasteiger partial charge on any atom is 0.310 e. The Labute approximate surface area is 184 Å². The zero-order valence-electron chi connectivity index (χ0n) is 17.5. The van der Waals surface area contributed by atoms with Gasteiger partial charge in [0.15, 0.2) is 0 Å². The van der Waals surface area contributed by atoms with Crippen molar-refractivity contribution in [1.29, 1.82) is 0 Å². The molecule has 4 aromatic rings. The van der Waals surface area contributed by atoms with Gasteiger partial charge in [0.05, 0.1) is 22.7 Å². The van der Waals surface area contributed by atoms with E-state index in [-0.39, 0.29) is 11.9 Å². The van der Waals surface area contributed by atoms with Crippen LogP contribution >= 0.6 is 11.3 Å². The molecule has 1 aliphatic heterocycles. The second kappa shape index (κ2) is 8.69. The van der Waals surface area contributed by atoms with Crippen molar-refractivity contribution in [2.45, 2.75) is 26.3 Å². The summed E-state index contributed by atoms with van der Waals surface area (Å²) in [5.41, 5.74) is 3.21. The molecule has 0 radical (unpaired) electrons. The molecule has 0 amide bonds. The normalized spacial score (nSPS) is 17.3. The van der Waals surface area contributed by atoms with Crippen molar-refractivity contribution in [2.24, 2.45) is 5.92 Å². The van der Waals surface area contributed by atoms with E-state index in [0.717, 1.165) is 54.0 Å². The van der Waals surface area contributed by atoms with Crippen LogP contribution in [0.1, 0.15) is 25.3 Å². The topological polar surface area (TPSA) is 67.5 Å². The largest absolute Gasteiger partial charge is 0.466 e. The minimum Gasteiger partial charge on any atom is -0.466 e. The lowest BCUT2D eigenvalue weighted by molar-refractivity contribution is -0.150. The van der Waals surface area contributed by atoms with Crippen LogP contribution < -0.4 is 4.74 Å². The van der Waals surface area contributed by atoms with Crippen molar-refractivity contribution < 1.29 is 14.3 Å². The van der Waals surface area contributed by atoms with Crippen molar-refractivity contribution in [3.05, 3.63) is 54.2 Å². The standard InChI is InChI=1S/C24H25N3O3S/c1-2-29-23(28)16-6-5-11-27(14-16)15-17-13-25-21-12-18(9-10-19(17)21)30-24-26-20-7-3-4-8-22(20)31-24/h3-4,7-10,12-13,16,25H,2,5-6,11,14-15H2,1H3. The van der Waals surface area contributed by atoms with Gasteiger partial charge in [-0.1, -0.05) is 23.5 Å². The first-order valence-electron chi connectivity index (χ1n) is 10.7. The van der Waals surface area contributed by atoms with E-state index in [2.05, 4.69) is 27.1 Å². The summed E-state index contributed by atoms with van der Waals surface area (Å²) in [6.07, 6.45) is 3.99. The highest BCUT2D eigenvalue weighted by Crippen LogP contribution is 2.33. The number of thiazole rings is 1. The van der Waals surface area contributed by atoms with Gasteiger partial charge in [0.1, 0.15) is 5.75 Å². The Balaban J connectivity index is 1.29. The molecular formula is C24H25N3O3S. The van der Waals surface area contributed by atoms with E-state index < -0.39 is 0 Å². The molecule has 1 fully saturated rings. The number of carbonyl (C=O) groups is 1. The van der Waals surface area contributed by atoms with E-state index in [1.807, 2.05) is 43.3 Å². The Bertz CT molecular complexity index is 1180. The summed E-state index contributed by atoms with van der Waals surface area (Å²) in [4.78, 5) is 22.4. The molecule has 0 aliphatic carbocycles. The monoisotopic (exact) mass is 435 g/mol. The molecule has 0 spiro atoms. The highest BCUT2D eigenvalue weighted by Gasteiger charge is 2.27. The summed E-state index contributed by atoms with van der Waals surface area (Å²) in [6.45, 7) is 4.87. The highest BCUT2D eigenvalue weighted by atomic mass is 32.1. The highest BCUT2D eigenvalue weighted by molar-refractivity contribution is 7.20. The number of fused-ring (bicyclic) bond motifs is 2. The lowest BCUT2D eigenvalue weighted by Crippen LogP contribution is -2.38. The second-order valence-corrected chi connectivity index (χ2v) is 8.89. The molecule has 2 aromatic carbocycles. The lowest BCUT2D eigenvalue weighted by Gasteiger charge is -2.31. The van der Waals surface area contributed by atoms with Crippen LogP contribution in [0, 0.1) is 5.92 Å². The van der Waals surface area contributed by atoms with Gasteiger partial charge >= 0.3 is 5.97 Å². The minimum absolute atomic E-state index is 0.0206. The first-order chi connectivity index (χ1) is 15.2. The molecule has 1 unspecified atom stereocenters. The Kier molecular flexibility index (Phi) is 5.61. The number of aromatic amines is 1. The molecule has 1 aliphatic rings. The summed E-state index contributed by atoms with van der Waals surface area (Å²) in [7, 11) is 0. The lowest BCUT2D eigenvalue weighted by atomic mass is 9.97. The van der Waals surface area contributed by atoms with Gasteiger partial charge in [-0.25, -0.2) is 4.98 Å². The van der Waals surface area contributed by atoms with Crippen LogP contribution in [0.4, 0.5) is 0 Å². The molecule has 2 aromatic heterocycles. The van der Waals surface area contributed by atoms with Crippen LogP contribution in [0.15, 0.2) is 48.7 Å². The summed E-state index contributed by atoms with van der Waals surface area (Å²) >= 11 is 1.54. The minimum atomic E-state index is -0.0669. The van der Waals surface area contributed by atoms with Crippen molar-refractivity contribution in [3.63, 3.8) is 0 Å². The van der Waals surface area contributed by atoms with Gasteiger partial charge in [0.25, 0.3) is 5.19 Å². The predicted molar refractivity (Wildman–Crippen MR) is 123 cm³/mol. The number of aromatic nitrogens is 2. The molecular weight excluding hydrogens is 410 g/mol. The fourth-order valence-corrected chi connectivity index (χ4v) is 5.08. The molecule has 7 heteroatoms. The van der Waals surface area contributed by atoms with E-state index in [1.54, 1.807) is 11.3 Å². The van der Waals surface area contributed by atoms with Gasteiger partial charge in [-0.15, -0.1) is 0 Å². The third kappa shape index (κ3) is 4.29. The van der Waals surface area contributed by atoms with Gasteiger partial charge in [-0.3, -0.25) is 9.69 Å². The first kappa shape index (κ1) is 20.0. The zero-order valence-corrected chi connectivity index (χ0v) is 18.3. The summed E-state index contributed by atoms with van der Waals surface area (Å²) in [6, 6.07) is 14.1. The average molecular weight is 436 g/mol. The van der Waals surface area contributed by atoms with E-state index in [4.69, 9.17) is 9.47 Å². The van der Waals surface area contributed by atoms with E-state index >= 15 is 0 Å². The number of likely N-dealkylation sites (tertiary alicyclic amines) is 1. The number of rotatable bonds is 6. The summed E-state index contributed by atoms with van der Waals surface area (Å²) < 4.78 is 12.4. The number of nitrogens with zero attached hydrogens (tertiary/aromatic N) is 2. The van der Waals surface area contributed by atoms with Crippen LogP contribution in [0.3, 0.4) is 0 Å². The fourth-order valence-electron chi connectivity index (χ4n) is 4.25. The maximum absolute atomic E-state index is 12.1. The molecule has 1 N–H and O–H groups in total. The van der Waals surface area contributed by atoms with Crippen molar-refractivity contribution in [2.75, 3.05) is 19.7 Å². The van der Waals surface area contributed by atoms with Crippen molar-refractivity contribution in [1.82, 2.24) is 14.9 Å². The molecule has 5 rings (SSSR count). The number of esters is 1. The van der Waals surface area contributed by atoms with E-state index in [9.17, 15) is 4.79 Å². The van der Waals surface area contributed by atoms with Crippen LogP contribution in [-0.2, 0) is 16.1 Å². The SMILES string of the molecule is CCOC(=O)C1CCCN(Cc2c[nH]c3cc(Oc4nc5ccccc5s4)ccc23)C1. The van der Waals surface area contributed by atoms with Gasteiger partial charge in [0, 0.05) is 36.3 Å². The summed E-state index contributed by atoms with van der Waals surface area (Å²) in [5.74, 6) is 0.677. The molecule has 31 heavy (non-hydrogen) atoms. The van der Waals surface area contributed by atoms with Crippen molar-refractivity contribution >= 4 is 38.4 Å². The Morgan fingerprint density at radius 3 is 3.06 bits per heavy atom. The molecule has 0 bridgehead atoms. The predicted octanol–water partition coefficient (Wildman–Crippen LogP) is 5.35. The Morgan fingerprint density at radius 1 is 1.29 bits per heavy atom. The van der Waals surface area contributed by atoms with Crippen LogP contribution in [0.5, 0.6) is 10.9 Å². The molecule has 3 heterocycles. The Hall–Kier alpha value is -2.90. The number of carbonyl (C=O) groups excluding carboxylic acids is 1. The third-order valence-corrected chi connectivity index (χ3v) is 6.65. The molecule has 1 atom stereocenters. The number of nitrogens with one attached hydrogen (secondary N) is 1. The number of ether oxygens (including phenoxy) is 2.